The monoisotopic (exact) mass is 324 g/mol. The smallest absolute Gasteiger partial charge is 0.227 e. The maximum atomic E-state index is 12.3. The SMILES string of the molecule is NCCC1CCN(C(=O)Cc2ccccc2Br)CC1. The summed E-state index contributed by atoms with van der Waals surface area (Å²) >= 11 is 3.49. The topological polar surface area (TPSA) is 46.3 Å². The molecule has 1 amide bonds. The zero-order chi connectivity index (χ0) is 13.7. The van der Waals surface area contributed by atoms with E-state index in [1.807, 2.05) is 29.2 Å². The third-order valence-corrected chi connectivity index (χ3v) is 4.62. The molecule has 0 saturated carbocycles. The van der Waals surface area contributed by atoms with Crippen molar-refractivity contribution in [3.63, 3.8) is 0 Å². The lowest BCUT2D eigenvalue weighted by Crippen LogP contribution is -2.39. The Balaban J connectivity index is 1.87. The standard InChI is InChI=1S/C15H21BrN2O/c16-14-4-2-1-3-13(14)11-15(19)18-9-6-12(5-8-17)7-10-18/h1-4,12H,5-11,17H2. The highest BCUT2D eigenvalue weighted by molar-refractivity contribution is 9.10. The summed E-state index contributed by atoms with van der Waals surface area (Å²) in [5.74, 6) is 0.940. The van der Waals surface area contributed by atoms with E-state index in [4.69, 9.17) is 5.73 Å². The van der Waals surface area contributed by atoms with Gasteiger partial charge in [-0.15, -0.1) is 0 Å². The van der Waals surface area contributed by atoms with E-state index in [2.05, 4.69) is 15.9 Å². The summed E-state index contributed by atoms with van der Waals surface area (Å²) in [6.45, 7) is 2.53. The number of nitrogens with two attached hydrogens (primary N) is 1. The number of rotatable bonds is 4. The second kappa shape index (κ2) is 7.06. The van der Waals surface area contributed by atoms with Crippen LogP contribution in [-0.4, -0.2) is 30.4 Å². The lowest BCUT2D eigenvalue weighted by atomic mass is 9.93. The molecular weight excluding hydrogens is 304 g/mol. The minimum absolute atomic E-state index is 0.234. The number of benzene rings is 1. The van der Waals surface area contributed by atoms with Gasteiger partial charge in [-0.25, -0.2) is 0 Å². The van der Waals surface area contributed by atoms with Crippen molar-refractivity contribution in [1.82, 2.24) is 4.90 Å². The van der Waals surface area contributed by atoms with E-state index in [0.717, 1.165) is 48.9 Å². The molecule has 19 heavy (non-hydrogen) atoms. The first-order valence-electron chi connectivity index (χ1n) is 6.92. The van der Waals surface area contributed by atoms with E-state index in [-0.39, 0.29) is 5.91 Å². The molecule has 4 heteroatoms. The fourth-order valence-electron chi connectivity index (χ4n) is 2.62. The minimum Gasteiger partial charge on any atom is -0.342 e. The Labute approximate surface area is 123 Å². The zero-order valence-electron chi connectivity index (χ0n) is 11.1. The molecule has 1 aromatic rings. The Morgan fingerprint density at radius 1 is 1.32 bits per heavy atom. The fraction of sp³-hybridized carbons (Fsp3) is 0.533. The van der Waals surface area contributed by atoms with Crippen LogP contribution in [0.2, 0.25) is 0 Å². The van der Waals surface area contributed by atoms with Crippen molar-refractivity contribution in [3.05, 3.63) is 34.3 Å². The molecule has 2 rings (SSSR count). The van der Waals surface area contributed by atoms with Crippen LogP contribution < -0.4 is 5.73 Å². The van der Waals surface area contributed by atoms with Crippen molar-refractivity contribution in [2.24, 2.45) is 11.7 Å². The van der Waals surface area contributed by atoms with Gasteiger partial charge in [0, 0.05) is 17.6 Å². The second-order valence-electron chi connectivity index (χ2n) is 5.17. The predicted octanol–water partition coefficient (Wildman–Crippen LogP) is 2.58. The third-order valence-electron chi connectivity index (χ3n) is 3.84. The molecule has 0 aromatic heterocycles. The van der Waals surface area contributed by atoms with Crippen molar-refractivity contribution in [2.75, 3.05) is 19.6 Å². The molecule has 0 spiro atoms. The van der Waals surface area contributed by atoms with Crippen LogP contribution in [0.25, 0.3) is 0 Å². The molecule has 1 saturated heterocycles. The number of likely N-dealkylation sites (tertiary alicyclic amines) is 1. The minimum atomic E-state index is 0.234. The summed E-state index contributed by atoms with van der Waals surface area (Å²) in [4.78, 5) is 14.3. The molecule has 3 nitrogen and oxygen atoms in total. The number of hydrogen-bond donors (Lipinski definition) is 1. The third kappa shape index (κ3) is 4.05. The van der Waals surface area contributed by atoms with Gasteiger partial charge in [0.2, 0.25) is 5.91 Å². The van der Waals surface area contributed by atoms with E-state index in [1.54, 1.807) is 0 Å². The Morgan fingerprint density at radius 2 is 2.00 bits per heavy atom. The highest BCUT2D eigenvalue weighted by atomic mass is 79.9. The lowest BCUT2D eigenvalue weighted by molar-refractivity contribution is -0.131. The van der Waals surface area contributed by atoms with Gasteiger partial charge >= 0.3 is 0 Å². The first-order valence-corrected chi connectivity index (χ1v) is 7.71. The first-order chi connectivity index (χ1) is 9.20. The molecule has 104 valence electrons. The lowest BCUT2D eigenvalue weighted by Gasteiger charge is -2.32. The maximum absolute atomic E-state index is 12.3. The van der Waals surface area contributed by atoms with E-state index in [1.165, 1.54) is 0 Å². The van der Waals surface area contributed by atoms with Gasteiger partial charge in [0.05, 0.1) is 6.42 Å². The molecule has 0 unspecified atom stereocenters. The van der Waals surface area contributed by atoms with Crippen molar-refractivity contribution in [1.29, 1.82) is 0 Å². The largest absolute Gasteiger partial charge is 0.342 e. The molecule has 0 radical (unpaired) electrons. The van der Waals surface area contributed by atoms with Crippen molar-refractivity contribution >= 4 is 21.8 Å². The number of amides is 1. The summed E-state index contributed by atoms with van der Waals surface area (Å²) in [5, 5.41) is 0. The highest BCUT2D eigenvalue weighted by Crippen LogP contribution is 2.22. The fourth-order valence-corrected chi connectivity index (χ4v) is 3.05. The van der Waals surface area contributed by atoms with Gasteiger partial charge < -0.3 is 10.6 Å². The number of carbonyl (C=O) groups is 1. The average molecular weight is 325 g/mol. The van der Waals surface area contributed by atoms with Crippen molar-refractivity contribution in [3.8, 4) is 0 Å². The quantitative estimate of drug-likeness (QED) is 0.925. The van der Waals surface area contributed by atoms with E-state index >= 15 is 0 Å². The Hall–Kier alpha value is -0.870. The summed E-state index contributed by atoms with van der Waals surface area (Å²) in [6, 6.07) is 7.93. The molecule has 1 fully saturated rings. The number of hydrogen-bond acceptors (Lipinski definition) is 2. The van der Waals surface area contributed by atoms with Crippen molar-refractivity contribution in [2.45, 2.75) is 25.7 Å². The van der Waals surface area contributed by atoms with Gasteiger partial charge in [-0.1, -0.05) is 34.1 Å². The van der Waals surface area contributed by atoms with Crippen LogP contribution in [-0.2, 0) is 11.2 Å². The molecule has 1 aromatic carbocycles. The van der Waals surface area contributed by atoms with Crippen LogP contribution in [0.1, 0.15) is 24.8 Å². The molecule has 0 atom stereocenters. The van der Waals surface area contributed by atoms with Crippen LogP contribution in [0.15, 0.2) is 28.7 Å². The molecule has 0 bridgehead atoms. The number of halogens is 1. The molecule has 1 aliphatic rings. The van der Waals surface area contributed by atoms with Gasteiger partial charge in [0.15, 0.2) is 0 Å². The van der Waals surface area contributed by atoms with Crippen LogP contribution in [0, 0.1) is 5.92 Å². The van der Waals surface area contributed by atoms with Crippen LogP contribution in [0.4, 0.5) is 0 Å². The molecule has 0 aliphatic carbocycles. The summed E-state index contributed by atoms with van der Waals surface area (Å²) in [5.41, 5.74) is 6.65. The van der Waals surface area contributed by atoms with Gasteiger partial charge in [-0.2, -0.15) is 0 Å². The summed E-state index contributed by atoms with van der Waals surface area (Å²) < 4.78 is 1.02. The van der Waals surface area contributed by atoms with Gasteiger partial charge in [0.25, 0.3) is 0 Å². The van der Waals surface area contributed by atoms with Crippen molar-refractivity contribution < 1.29 is 4.79 Å². The number of piperidine rings is 1. The molecule has 2 N–H and O–H groups in total. The molecule has 1 aliphatic heterocycles. The average Bonchev–Trinajstić information content (AvgIpc) is 2.42. The summed E-state index contributed by atoms with van der Waals surface area (Å²) in [6.07, 6.45) is 3.77. The highest BCUT2D eigenvalue weighted by Gasteiger charge is 2.22. The number of nitrogens with zero attached hydrogens (tertiary/aromatic N) is 1. The van der Waals surface area contributed by atoms with Crippen LogP contribution >= 0.6 is 15.9 Å². The van der Waals surface area contributed by atoms with E-state index in [0.29, 0.717) is 12.3 Å². The van der Waals surface area contributed by atoms with E-state index in [9.17, 15) is 4.79 Å². The zero-order valence-corrected chi connectivity index (χ0v) is 12.7. The Bertz CT molecular complexity index is 428. The first kappa shape index (κ1) is 14.5. The Kier molecular flexibility index (Phi) is 5.40. The molecule has 1 heterocycles. The molecular formula is C15H21BrN2O. The van der Waals surface area contributed by atoms with Crippen LogP contribution in [0.5, 0.6) is 0 Å². The van der Waals surface area contributed by atoms with Gasteiger partial charge in [0.1, 0.15) is 0 Å². The maximum Gasteiger partial charge on any atom is 0.227 e. The normalized spacial score (nSPS) is 16.6. The second-order valence-corrected chi connectivity index (χ2v) is 6.02. The van der Waals surface area contributed by atoms with Gasteiger partial charge in [-0.3, -0.25) is 4.79 Å². The predicted molar refractivity (Wildman–Crippen MR) is 80.8 cm³/mol. The van der Waals surface area contributed by atoms with E-state index < -0.39 is 0 Å². The summed E-state index contributed by atoms with van der Waals surface area (Å²) in [7, 11) is 0. The van der Waals surface area contributed by atoms with Gasteiger partial charge in [-0.05, 0) is 43.4 Å². The van der Waals surface area contributed by atoms with Crippen LogP contribution in [0.3, 0.4) is 0 Å². The number of carbonyl (C=O) groups excluding carboxylic acids is 1. The Morgan fingerprint density at radius 3 is 2.63 bits per heavy atom.